The first-order valence-electron chi connectivity index (χ1n) is 6.82. The summed E-state index contributed by atoms with van der Waals surface area (Å²) in [7, 11) is 0. The van der Waals surface area contributed by atoms with Gasteiger partial charge in [-0.2, -0.15) is 0 Å². The molecule has 0 atom stereocenters. The zero-order valence-corrected chi connectivity index (χ0v) is 11.4. The van der Waals surface area contributed by atoms with E-state index in [1.807, 2.05) is 24.3 Å². The van der Waals surface area contributed by atoms with Gasteiger partial charge in [0.15, 0.2) is 0 Å². The molecule has 0 radical (unpaired) electrons. The number of benzene rings is 2. The smallest absolute Gasteiger partial charge is 0.271 e. The van der Waals surface area contributed by atoms with Gasteiger partial charge in [-0.05, 0) is 17.7 Å². The summed E-state index contributed by atoms with van der Waals surface area (Å²) in [6, 6.07) is 12.3. The van der Waals surface area contributed by atoms with Gasteiger partial charge in [-0.3, -0.25) is 14.9 Å². The highest BCUT2D eigenvalue weighted by atomic mass is 16.6. The van der Waals surface area contributed by atoms with Crippen molar-refractivity contribution in [2.75, 3.05) is 10.6 Å². The predicted octanol–water partition coefficient (Wildman–Crippen LogP) is 2.93. The lowest BCUT2D eigenvalue weighted by Gasteiger charge is -2.04. The molecule has 2 aliphatic rings. The molecule has 0 saturated carbocycles. The number of para-hydroxylation sites is 1. The average Bonchev–Trinajstić information content (AvgIpc) is 3.05. The van der Waals surface area contributed by atoms with E-state index in [1.165, 1.54) is 12.1 Å². The second-order valence-corrected chi connectivity index (χ2v) is 5.25. The van der Waals surface area contributed by atoms with Crippen LogP contribution in [0.3, 0.4) is 0 Å². The summed E-state index contributed by atoms with van der Waals surface area (Å²) in [4.78, 5) is 22.6. The van der Waals surface area contributed by atoms with Crippen LogP contribution in [0, 0.1) is 10.1 Å². The zero-order valence-electron chi connectivity index (χ0n) is 11.4. The molecule has 2 N–H and O–H groups in total. The van der Waals surface area contributed by atoms with E-state index in [4.69, 9.17) is 0 Å². The number of nitro groups is 1. The highest BCUT2D eigenvalue weighted by Crippen LogP contribution is 2.39. The highest BCUT2D eigenvalue weighted by Gasteiger charge is 2.31. The summed E-state index contributed by atoms with van der Waals surface area (Å²) < 4.78 is 0. The van der Waals surface area contributed by atoms with Crippen LogP contribution in [0.5, 0.6) is 0 Å². The third-order valence-corrected chi connectivity index (χ3v) is 3.93. The molecule has 0 unspecified atom stereocenters. The maximum atomic E-state index is 12.3. The minimum Gasteiger partial charge on any atom is -0.358 e. The van der Waals surface area contributed by atoms with E-state index >= 15 is 0 Å². The van der Waals surface area contributed by atoms with E-state index < -0.39 is 4.92 Å². The monoisotopic (exact) mass is 293 g/mol. The van der Waals surface area contributed by atoms with E-state index in [1.54, 1.807) is 6.07 Å². The van der Waals surface area contributed by atoms with Gasteiger partial charge in [0.2, 0.25) is 0 Å². The molecular weight excluding hydrogens is 282 g/mol. The third kappa shape index (κ3) is 1.77. The fourth-order valence-corrected chi connectivity index (χ4v) is 2.92. The van der Waals surface area contributed by atoms with Gasteiger partial charge in [-0.25, -0.2) is 0 Å². The van der Waals surface area contributed by atoms with Crippen molar-refractivity contribution in [1.82, 2.24) is 0 Å². The average molecular weight is 293 g/mol. The fraction of sp³-hybridized carbons (Fsp3) is 0.0625. The van der Waals surface area contributed by atoms with E-state index in [9.17, 15) is 14.9 Å². The van der Waals surface area contributed by atoms with Crippen molar-refractivity contribution in [2.45, 2.75) is 6.42 Å². The second kappa shape index (κ2) is 4.42. The number of hydrogen-bond acceptors (Lipinski definition) is 4. The number of anilines is 2. The van der Waals surface area contributed by atoms with E-state index in [0.717, 1.165) is 16.9 Å². The first-order valence-corrected chi connectivity index (χ1v) is 6.82. The van der Waals surface area contributed by atoms with Gasteiger partial charge in [-0.1, -0.05) is 18.2 Å². The zero-order chi connectivity index (χ0) is 15.3. The van der Waals surface area contributed by atoms with E-state index in [2.05, 4.69) is 10.6 Å². The summed E-state index contributed by atoms with van der Waals surface area (Å²) in [5.74, 6) is -0.231. The number of nitrogens with zero attached hydrogens (tertiary/aromatic N) is 1. The van der Waals surface area contributed by atoms with Crippen LogP contribution in [-0.2, 0) is 11.2 Å². The number of carbonyl (C=O) groups is 1. The number of rotatable bonds is 1. The Hall–Kier alpha value is -3.15. The van der Waals surface area contributed by atoms with E-state index in [0.29, 0.717) is 23.2 Å². The Bertz CT molecular complexity index is 844. The molecule has 2 aromatic carbocycles. The maximum Gasteiger partial charge on any atom is 0.271 e. The molecule has 6 heteroatoms. The molecule has 0 saturated heterocycles. The van der Waals surface area contributed by atoms with Gasteiger partial charge in [0.25, 0.3) is 11.6 Å². The van der Waals surface area contributed by atoms with Crippen LogP contribution in [0.15, 0.2) is 48.2 Å². The first kappa shape index (κ1) is 12.6. The van der Waals surface area contributed by atoms with Crippen LogP contribution < -0.4 is 10.6 Å². The summed E-state index contributed by atoms with van der Waals surface area (Å²) in [6.07, 6.45) is 0.648. The summed E-state index contributed by atoms with van der Waals surface area (Å²) >= 11 is 0. The van der Waals surface area contributed by atoms with Crippen molar-refractivity contribution >= 4 is 28.5 Å². The number of fused-ring (bicyclic) bond motifs is 2. The molecule has 22 heavy (non-hydrogen) atoms. The number of hydrogen-bond donors (Lipinski definition) is 2. The Kier molecular flexibility index (Phi) is 2.53. The summed E-state index contributed by atoms with van der Waals surface area (Å²) in [5, 5.41) is 16.8. The number of amides is 1. The number of nitro benzene ring substituents is 1. The van der Waals surface area contributed by atoms with Gasteiger partial charge < -0.3 is 10.6 Å². The van der Waals surface area contributed by atoms with Gasteiger partial charge in [0, 0.05) is 35.5 Å². The van der Waals surface area contributed by atoms with Crippen molar-refractivity contribution in [3.05, 3.63) is 69.4 Å². The number of non-ortho nitro benzene ring substituents is 1. The second-order valence-electron chi connectivity index (χ2n) is 5.25. The van der Waals surface area contributed by atoms with Gasteiger partial charge in [-0.15, -0.1) is 0 Å². The third-order valence-electron chi connectivity index (χ3n) is 3.93. The van der Waals surface area contributed by atoms with E-state index in [-0.39, 0.29) is 11.6 Å². The minimum atomic E-state index is -0.471. The van der Waals surface area contributed by atoms with Crippen LogP contribution in [0.4, 0.5) is 17.1 Å². The Morgan fingerprint density at radius 3 is 2.64 bits per heavy atom. The summed E-state index contributed by atoms with van der Waals surface area (Å²) in [6.45, 7) is 0. The highest BCUT2D eigenvalue weighted by molar-refractivity contribution is 6.32. The molecule has 0 spiro atoms. The molecule has 0 fully saturated rings. The van der Waals surface area contributed by atoms with Crippen molar-refractivity contribution in [1.29, 1.82) is 0 Å². The van der Waals surface area contributed by atoms with Crippen LogP contribution in [0.1, 0.15) is 11.1 Å². The molecule has 1 amide bonds. The molecule has 0 aliphatic carbocycles. The molecule has 4 rings (SSSR count). The largest absolute Gasteiger partial charge is 0.358 e. The molecule has 2 heterocycles. The van der Waals surface area contributed by atoms with Crippen LogP contribution >= 0.6 is 0 Å². The standard InChI is InChI=1S/C16H11N3O3/c20-16-15(14-7-9-3-1-2-4-12(9)17-14)11-6-5-10(19(21)22)8-13(11)18-16/h1-6,8,17H,7H2,(H,18,20)/b15-14-. The Labute approximate surface area is 125 Å². The van der Waals surface area contributed by atoms with Crippen molar-refractivity contribution in [2.24, 2.45) is 0 Å². The molecule has 0 bridgehead atoms. The Balaban J connectivity index is 1.81. The van der Waals surface area contributed by atoms with Gasteiger partial charge in [0.05, 0.1) is 16.2 Å². The van der Waals surface area contributed by atoms with Crippen LogP contribution in [0.25, 0.3) is 5.57 Å². The van der Waals surface area contributed by atoms with Crippen molar-refractivity contribution in [3.8, 4) is 0 Å². The number of carbonyl (C=O) groups excluding carboxylic acids is 1. The molecular formula is C16H11N3O3. The van der Waals surface area contributed by atoms with Crippen molar-refractivity contribution in [3.63, 3.8) is 0 Å². The Morgan fingerprint density at radius 2 is 1.86 bits per heavy atom. The predicted molar refractivity (Wildman–Crippen MR) is 82.4 cm³/mol. The van der Waals surface area contributed by atoms with Crippen LogP contribution in [0.2, 0.25) is 0 Å². The molecule has 108 valence electrons. The number of allylic oxidation sites excluding steroid dienone is 1. The normalized spacial score (nSPS) is 18.5. The Morgan fingerprint density at radius 1 is 1.05 bits per heavy atom. The molecule has 0 aromatic heterocycles. The topological polar surface area (TPSA) is 84.3 Å². The lowest BCUT2D eigenvalue weighted by molar-refractivity contribution is -0.384. The molecule has 2 aromatic rings. The van der Waals surface area contributed by atoms with Gasteiger partial charge in [0.1, 0.15) is 0 Å². The minimum absolute atomic E-state index is 0.0343. The lowest BCUT2D eigenvalue weighted by Crippen LogP contribution is -2.08. The number of nitrogens with one attached hydrogen (secondary N) is 2. The first-order chi connectivity index (χ1) is 10.6. The maximum absolute atomic E-state index is 12.3. The van der Waals surface area contributed by atoms with Gasteiger partial charge >= 0.3 is 0 Å². The molecule has 2 aliphatic heterocycles. The summed E-state index contributed by atoms with van der Waals surface area (Å²) in [5.41, 5.74) is 4.66. The van der Waals surface area contributed by atoms with Crippen LogP contribution in [-0.4, -0.2) is 10.8 Å². The lowest BCUT2D eigenvalue weighted by atomic mass is 10.0. The van der Waals surface area contributed by atoms with Crippen molar-refractivity contribution < 1.29 is 9.72 Å². The SMILES string of the molecule is O=C1Nc2cc([N+](=O)[O-])ccc2/C1=C1\Cc2ccccc2N1. The quantitative estimate of drug-likeness (QED) is 0.481. The molecule has 6 nitrogen and oxygen atoms in total. The fourth-order valence-electron chi connectivity index (χ4n) is 2.92.